The van der Waals surface area contributed by atoms with Crippen LogP contribution in [0.1, 0.15) is 49.9 Å². The zero-order valence-corrected chi connectivity index (χ0v) is 15.3. The normalized spacial score (nSPS) is 34.0. The largest absolute Gasteiger partial charge is 0.330 e. The number of rotatable bonds is 3. The smallest absolute Gasteiger partial charge is 0.137 e. The zero-order valence-electron chi connectivity index (χ0n) is 13.7. The van der Waals surface area contributed by atoms with Crippen molar-refractivity contribution in [2.24, 2.45) is 17.8 Å². The molecule has 0 N–H and O–H groups in total. The summed E-state index contributed by atoms with van der Waals surface area (Å²) in [6.45, 7) is 0.774. The standard InChI is InChI=1S/C20H22BrFN2/c21-17-8-13(1-2-18(17)22)12-24-4-3-23-19(24)20-9-14-5-15(10-20)7-16(6-14)11-20/h1-4,8,14-16H,5-7,9-12H2. The Hall–Kier alpha value is -1.16. The molecule has 1 heterocycles. The molecule has 4 bridgehead atoms. The number of hydrogen-bond donors (Lipinski definition) is 0. The SMILES string of the molecule is Fc1ccc(Cn2ccnc2C23CC4CC(CC(C4)C2)C3)cc1Br. The van der Waals surface area contributed by atoms with E-state index in [9.17, 15) is 4.39 Å². The van der Waals surface area contributed by atoms with E-state index in [2.05, 4.69) is 26.7 Å². The van der Waals surface area contributed by atoms with Crippen molar-refractivity contribution in [1.82, 2.24) is 9.55 Å². The van der Waals surface area contributed by atoms with E-state index in [-0.39, 0.29) is 5.82 Å². The van der Waals surface area contributed by atoms with Crippen LogP contribution in [0.5, 0.6) is 0 Å². The number of nitrogens with zero attached hydrogens (tertiary/aromatic N) is 2. The molecule has 2 nitrogen and oxygen atoms in total. The van der Waals surface area contributed by atoms with Gasteiger partial charge in [0.25, 0.3) is 0 Å². The second-order valence-corrected chi connectivity index (χ2v) is 9.18. The molecular weight excluding hydrogens is 367 g/mol. The van der Waals surface area contributed by atoms with Gasteiger partial charge in [0.1, 0.15) is 11.6 Å². The first-order valence-electron chi connectivity index (χ1n) is 9.07. The van der Waals surface area contributed by atoms with Gasteiger partial charge in [0.05, 0.1) is 4.47 Å². The summed E-state index contributed by atoms with van der Waals surface area (Å²) < 4.78 is 16.3. The third-order valence-electron chi connectivity index (χ3n) is 6.56. The highest BCUT2D eigenvalue weighted by Gasteiger charge is 2.53. The van der Waals surface area contributed by atoms with Crippen LogP contribution < -0.4 is 0 Å². The van der Waals surface area contributed by atoms with Crippen molar-refractivity contribution < 1.29 is 4.39 Å². The van der Waals surface area contributed by atoms with Crippen molar-refractivity contribution in [1.29, 1.82) is 0 Å². The van der Waals surface area contributed by atoms with Gasteiger partial charge in [0.2, 0.25) is 0 Å². The molecule has 0 atom stereocenters. The Morgan fingerprint density at radius 3 is 2.42 bits per heavy atom. The third-order valence-corrected chi connectivity index (χ3v) is 7.17. The number of aromatic nitrogens is 2. The summed E-state index contributed by atoms with van der Waals surface area (Å²) in [6.07, 6.45) is 12.4. The summed E-state index contributed by atoms with van der Waals surface area (Å²) in [6, 6.07) is 5.31. The van der Waals surface area contributed by atoms with Gasteiger partial charge in [-0.25, -0.2) is 9.37 Å². The maximum absolute atomic E-state index is 13.5. The van der Waals surface area contributed by atoms with E-state index >= 15 is 0 Å². The zero-order chi connectivity index (χ0) is 16.3. The second kappa shape index (κ2) is 5.42. The van der Waals surface area contributed by atoms with Gasteiger partial charge >= 0.3 is 0 Å². The van der Waals surface area contributed by atoms with E-state index in [4.69, 9.17) is 4.98 Å². The van der Waals surface area contributed by atoms with Crippen LogP contribution in [0.2, 0.25) is 0 Å². The lowest BCUT2D eigenvalue weighted by atomic mass is 9.49. The molecule has 0 aliphatic heterocycles. The molecule has 0 radical (unpaired) electrons. The van der Waals surface area contributed by atoms with Crippen molar-refractivity contribution in [3.8, 4) is 0 Å². The Balaban J connectivity index is 1.48. The van der Waals surface area contributed by atoms with Gasteiger partial charge in [-0.2, -0.15) is 0 Å². The Morgan fingerprint density at radius 2 is 1.79 bits per heavy atom. The summed E-state index contributed by atoms with van der Waals surface area (Å²) in [5.41, 5.74) is 1.42. The number of hydrogen-bond acceptors (Lipinski definition) is 1. The van der Waals surface area contributed by atoms with Crippen molar-refractivity contribution >= 4 is 15.9 Å². The van der Waals surface area contributed by atoms with Gasteiger partial charge in [-0.15, -0.1) is 0 Å². The van der Waals surface area contributed by atoms with Gasteiger partial charge in [-0.05, 0) is 89.9 Å². The van der Waals surface area contributed by atoms with E-state index in [0.29, 0.717) is 9.89 Å². The highest BCUT2D eigenvalue weighted by Crippen LogP contribution is 2.60. The molecule has 4 fully saturated rings. The molecule has 4 saturated carbocycles. The van der Waals surface area contributed by atoms with Crippen molar-refractivity contribution in [3.05, 3.63) is 52.3 Å². The van der Waals surface area contributed by atoms with E-state index in [0.717, 1.165) is 29.9 Å². The van der Waals surface area contributed by atoms with E-state index in [1.165, 1.54) is 44.3 Å². The van der Waals surface area contributed by atoms with Gasteiger partial charge in [-0.1, -0.05) is 6.07 Å². The van der Waals surface area contributed by atoms with Crippen LogP contribution >= 0.6 is 15.9 Å². The van der Waals surface area contributed by atoms with Crippen molar-refractivity contribution in [2.75, 3.05) is 0 Å². The molecule has 4 aliphatic rings. The van der Waals surface area contributed by atoms with Crippen LogP contribution in [0.4, 0.5) is 4.39 Å². The molecule has 126 valence electrons. The molecular formula is C20H22BrFN2. The summed E-state index contributed by atoms with van der Waals surface area (Å²) in [5.74, 6) is 3.83. The minimum Gasteiger partial charge on any atom is -0.330 e. The highest BCUT2D eigenvalue weighted by atomic mass is 79.9. The lowest BCUT2D eigenvalue weighted by Gasteiger charge is -2.56. The lowest BCUT2D eigenvalue weighted by molar-refractivity contribution is -0.0108. The molecule has 6 rings (SSSR count). The Labute approximate surface area is 150 Å². The predicted octanol–water partition coefficient (Wildman–Crippen LogP) is 5.30. The summed E-state index contributed by atoms with van der Waals surface area (Å²) in [4.78, 5) is 4.82. The van der Waals surface area contributed by atoms with Crippen molar-refractivity contribution in [3.63, 3.8) is 0 Å². The monoisotopic (exact) mass is 388 g/mol. The fraction of sp³-hybridized carbons (Fsp3) is 0.550. The second-order valence-electron chi connectivity index (χ2n) is 8.33. The molecule has 4 aliphatic carbocycles. The van der Waals surface area contributed by atoms with Gasteiger partial charge in [0, 0.05) is 24.4 Å². The first-order chi connectivity index (χ1) is 11.6. The Kier molecular flexibility index (Phi) is 3.41. The maximum atomic E-state index is 13.5. The highest BCUT2D eigenvalue weighted by molar-refractivity contribution is 9.10. The maximum Gasteiger partial charge on any atom is 0.137 e. The lowest BCUT2D eigenvalue weighted by Crippen LogP contribution is -2.49. The van der Waals surface area contributed by atoms with Crippen molar-refractivity contribution in [2.45, 2.75) is 50.5 Å². The van der Waals surface area contributed by atoms with Crippen LogP contribution in [0.15, 0.2) is 35.1 Å². The van der Waals surface area contributed by atoms with Gasteiger partial charge in [-0.3, -0.25) is 0 Å². The predicted molar refractivity (Wildman–Crippen MR) is 95.3 cm³/mol. The molecule has 0 amide bonds. The van der Waals surface area contributed by atoms with E-state index < -0.39 is 0 Å². The minimum atomic E-state index is -0.203. The van der Waals surface area contributed by atoms with Gasteiger partial charge in [0.15, 0.2) is 0 Å². The number of halogens is 2. The first-order valence-corrected chi connectivity index (χ1v) is 9.86. The number of benzene rings is 1. The molecule has 24 heavy (non-hydrogen) atoms. The fourth-order valence-corrected chi connectivity index (χ4v) is 6.54. The quantitative estimate of drug-likeness (QED) is 0.697. The Morgan fingerprint density at radius 1 is 1.12 bits per heavy atom. The minimum absolute atomic E-state index is 0.203. The third kappa shape index (κ3) is 2.37. The first kappa shape index (κ1) is 15.1. The van der Waals surface area contributed by atoms with Crippen LogP contribution in [0.25, 0.3) is 0 Å². The van der Waals surface area contributed by atoms with Crippen LogP contribution in [0, 0.1) is 23.6 Å². The summed E-state index contributed by atoms with van der Waals surface area (Å²) in [7, 11) is 0. The number of imidazole rings is 1. The summed E-state index contributed by atoms with van der Waals surface area (Å²) >= 11 is 3.30. The molecule has 2 aromatic rings. The van der Waals surface area contributed by atoms with Crippen LogP contribution in [-0.2, 0) is 12.0 Å². The molecule has 4 heteroatoms. The fourth-order valence-electron chi connectivity index (χ4n) is 6.12. The molecule has 0 unspecified atom stereocenters. The molecule has 1 aromatic carbocycles. The van der Waals surface area contributed by atoms with Crippen LogP contribution in [-0.4, -0.2) is 9.55 Å². The van der Waals surface area contributed by atoms with Gasteiger partial charge < -0.3 is 4.57 Å². The van der Waals surface area contributed by atoms with E-state index in [1.807, 2.05) is 18.3 Å². The average molecular weight is 389 g/mol. The van der Waals surface area contributed by atoms with E-state index in [1.54, 1.807) is 6.07 Å². The summed E-state index contributed by atoms with van der Waals surface area (Å²) in [5, 5.41) is 0. The molecule has 1 aromatic heterocycles. The Bertz CT molecular complexity index is 746. The topological polar surface area (TPSA) is 17.8 Å². The average Bonchev–Trinajstić information content (AvgIpc) is 2.99. The molecule has 0 spiro atoms. The van der Waals surface area contributed by atoms with Crippen LogP contribution in [0.3, 0.4) is 0 Å². The molecule has 0 saturated heterocycles.